The van der Waals surface area contributed by atoms with Crippen molar-refractivity contribution in [3.05, 3.63) is 0 Å². The molecule has 0 fully saturated rings. The van der Waals surface area contributed by atoms with Crippen molar-refractivity contribution < 1.29 is 71.8 Å². The number of carbonyl (C=O) groups excluding carboxylic acids is 3. The summed E-state index contributed by atoms with van der Waals surface area (Å²) in [6.07, 6.45) is 0.297. The zero-order chi connectivity index (χ0) is 41.2. The summed E-state index contributed by atoms with van der Waals surface area (Å²) >= 11 is 0. The number of carbonyl (C=O) groups is 3. The van der Waals surface area contributed by atoms with E-state index in [1.54, 1.807) is 6.92 Å². The summed E-state index contributed by atoms with van der Waals surface area (Å²) in [7, 11) is -0.551. The number of aliphatic hydroxyl groups is 2. The monoisotopic (exact) mass is 808 g/mol. The Morgan fingerprint density at radius 3 is 1.89 bits per heavy atom. The SMILES string of the molecule is C.CC(C)C.CC(C)OCCC(C)(C)OCC(COC(=O)NCCOPOOCC(COC=O)OC=O)(COC(C)CO)COC(C)(C)CCO.CCC. The Labute approximate surface area is 328 Å². The summed E-state index contributed by atoms with van der Waals surface area (Å²) in [6, 6.07) is 0. The molecule has 0 aromatic carbocycles. The van der Waals surface area contributed by atoms with Crippen molar-refractivity contribution in [1.82, 2.24) is 5.32 Å². The van der Waals surface area contributed by atoms with Crippen LogP contribution >= 0.6 is 9.03 Å². The molecule has 0 aromatic heterocycles. The van der Waals surface area contributed by atoms with Crippen LogP contribution in [0.5, 0.6) is 0 Å². The second kappa shape index (κ2) is 36.9. The first kappa shape index (κ1) is 59.0. The smallest absolute Gasteiger partial charge is 0.407 e. The number of amides is 1. The Kier molecular flexibility index (Phi) is 40.3. The van der Waals surface area contributed by atoms with Crippen molar-refractivity contribution in [1.29, 1.82) is 0 Å². The highest BCUT2D eigenvalue weighted by molar-refractivity contribution is 7.26. The molecule has 3 N–H and O–H groups in total. The third-order valence-electron chi connectivity index (χ3n) is 6.33. The first-order chi connectivity index (χ1) is 24.9. The number of nitrogens with one attached hydrogen (secondary N) is 1. The van der Waals surface area contributed by atoms with Crippen LogP contribution in [-0.4, -0.2) is 131 Å². The number of alkyl carbamates (subject to hydrolysis) is 1. The molecule has 0 aliphatic carbocycles. The second-order valence-electron chi connectivity index (χ2n) is 14.6. The predicted octanol–water partition coefficient (Wildman–Crippen LogP) is 5.79. The Morgan fingerprint density at radius 2 is 1.39 bits per heavy atom. The van der Waals surface area contributed by atoms with E-state index >= 15 is 0 Å². The lowest BCUT2D eigenvalue weighted by Crippen LogP contribution is -2.48. The fraction of sp³-hybridized carbons (Fsp3) is 0.919. The van der Waals surface area contributed by atoms with Crippen LogP contribution in [0.15, 0.2) is 0 Å². The van der Waals surface area contributed by atoms with Gasteiger partial charge in [0, 0.05) is 19.8 Å². The van der Waals surface area contributed by atoms with Crippen LogP contribution in [0.25, 0.3) is 0 Å². The van der Waals surface area contributed by atoms with E-state index in [0.29, 0.717) is 19.4 Å². The molecule has 0 saturated carbocycles. The van der Waals surface area contributed by atoms with Gasteiger partial charge in [0.2, 0.25) is 0 Å². The maximum absolute atomic E-state index is 12.6. The van der Waals surface area contributed by atoms with Gasteiger partial charge in [0.05, 0.1) is 61.9 Å². The van der Waals surface area contributed by atoms with Gasteiger partial charge in [0.1, 0.15) is 19.8 Å². The Balaban J connectivity index is -0.00000143. The largest absolute Gasteiger partial charge is 0.464 e. The zero-order valence-corrected chi connectivity index (χ0v) is 35.6. The maximum atomic E-state index is 12.6. The van der Waals surface area contributed by atoms with Gasteiger partial charge in [0.15, 0.2) is 15.1 Å². The van der Waals surface area contributed by atoms with E-state index in [9.17, 15) is 24.6 Å². The second-order valence-corrected chi connectivity index (χ2v) is 15.2. The van der Waals surface area contributed by atoms with Crippen LogP contribution < -0.4 is 5.32 Å². The average molecular weight is 808 g/mol. The minimum absolute atomic E-state index is 0. The molecule has 54 heavy (non-hydrogen) atoms. The lowest BCUT2D eigenvalue weighted by molar-refractivity contribution is -0.226. The quantitative estimate of drug-likeness (QED) is 0.0190. The van der Waals surface area contributed by atoms with Crippen molar-refractivity contribution in [2.45, 2.75) is 139 Å². The lowest BCUT2D eigenvalue weighted by Gasteiger charge is -2.39. The Bertz CT molecular complexity index is 865. The third-order valence-corrected chi connectivity index (χ3v) is 6.83. The van der Waals surface area contributed by atoms with Gasteiger partial charge in [-0.25, -0.2) is 9.68 Å². The highest BCUT2D eigenvalue weighted by Gasteiger charge is 2.38. The highest BCUT2D eigenvalue weighted by atomic mass is 31.1. The minimum atomic E-state index is -0.963. The molecule has 0 rings (SSSR count). The standard InChI is InChI=1S/C29H56NO15P.C4H10.C3H8.CH4/c1-23(2)37-12-9-28(6,7)42-20-29(17-38-24(3)14-32,19-41-27(4,5)8-11-31)18-39-26(35)30-10-13-44-46-45-43-16-25(40-22-34)15-36-21-33;1-4(2)3;1-3-2;/h21-25,31-32,46H,8-20H2,1-7H3,(H,30,35);4H,1-3H3;3H2,1-2H3;1H4. The molecule has 0 saturated heterocycles. The topological polar surface area (TPSA) is 196 Å². The zero-order valence-electron chi connectivity index (χ0n) is 34.6. The third kappa shape index (κ3) is 40.0. The molecule has 16 nitrogen and oxygen atoms in total. The molecule has 326 valence electrons. The van der Waals surface area contributed by atoms with Crippen LogP contribution in [0.4, 0.5) is 4.79 Å². The Morgan fingerprint density at radius 1 is 0.815 bits per heavy atom. The molecule has 1 amide bonds. The Hall–Kier alpha value is -1.72. The molecule has 4 atom stereocenters. The molecule has 17 heteroatoms. The molecule has 0 bridgehead atoms. The highest BCUT2D eigenvalue weighted by Crippen LogP contribution is 2.28. The summed E-state index contributed by atoms with van der Waals surface area (Å²) in [6.45, 7) is 24.5. The first-order valence-corrected chi connectivity index (χ1v) is 19.1. The van der Waals surface area contributed by atoms with Crippen molar-refractivity contribution >= 4 is 28.1 Å². The van der Waals surface area contributed by atoms with Crippen LogP contribution in [0.1, 0.15) is 110 Å². The summed E-state index contributed by atoms with van der Waals surface area (Å²) in [5.74, 6) is 0.833. The van der Waals surface area contributed by atoms with E-state index in [4.69, 9.17) is 37.8 Å². The molecule has 0 radical (unpaired) electrons. The molecular weight excluding hydrogens is 729 g/mol. The maximum Gasteiger partial charge on any atom is 0.407 e. The molecule has 0 aliphatic heterocycles. The number of hydrogen-bond acceptors (Lipinski definition) is 15. The summed E-state index contributed by atoms with van der Waals surface area (Å²) in [5.41, 5.74) is -2.22. The van der Waals surface area contributed by atoms with E-state index in [1.165, 1.54) is 6.42 Å². The van der Waals surface area contributed by atoms with Crippen LogP contribution in [0.3, 0.4) is 0 Å². The van der Waals surface area contributed by atoms with E-state index in [1.807, 2.05) is 41.5 Å². The fourth-order valence-corrected chi connectivity index (χ4v) is 3.65. The van der Waals surface area contributed by atoms with Gasteiger partial charge in [-0.3, -0.25) is 9.59 Å². The average Bonchev–Trinajstić information content (AvgIpc) is 3.07. The molecule has 4 unspecified atom stereocenters. The van der Waals surface area contributed by atoms with Crippen LogP contribution in [0, 0.1) is 11.3 Å². The van der Waals surface area contributed by atoms with Gasteiger partial charge < -0.3 is 53.2 Å². The molecule has 0 aromatic rings. The summed E-state index contributed by atoms with van der Waals surface area (Å²) in [4.78, 5) is 38.2. The van der Waals surface area contributed by atoms with E-state index in [-0.39, 0.29) is 92.5 Å². The number of ether oxygens (including phenoxy) is 7. The number of rotatable bonds is 31. The summed E-state index contributed by atoms with van der Waals surface area (Å²) < 4.78 is 49.0. The fourth-order valence-electron chi connectivity index (χ4n) is 3.30. The van der Waals surface area contributed by atoms with E-state index in [0.717, 1.165) is 5.92 Å². The van der Waals surface area contributed by atoms with Crippen molar-refractivity contribution in [2.24, 2.45) is 11.3 Å². The van der Waals surface area contributed by atoms with Crippen molar-refractivity contribution in [3.8, 4) is 0 Å². The predicted molar refractivity (Wildman–Crippen MR) is 209 cm³/mol. The molecule has 0 heterocycles. The molecule has 0 spiro atoms. The van der Waals surface area contributed by atoms with E-state index < -0.39 is 44.0 Å². The lowest BCUT2D eigenvalue weighted by atomic mass is 9.90. The first-order valence-electron chi connectivity index (χ1n) is 18.3. The van der Waals surface area contributed by atoms with E-state index in [2.05, 4.69) is 49.4 Å². The van der Waals surface area contributed by atoms with Gasteiger partial charge in [-0.1, -0.05) is 48.5 Å². The van der Waals surface area contributed by atoms with Gasteiger partial charge in [-0.2, -0.15) is 4.67 Å². The van der Waals surface area contributed by atoms with Gasteiger partial charge in [-0.15, -0.1) is 0 Å². The summed E-state index contributed by atoms with van der Waals surface area (Å²) in [5, 5.41) is 21.6. The van der Waals surface area contributed by atoms with Gasteiger partial charge in [-0.05, 0) is 67.2 Å². The molecular formula is C37H78NO15P. The molecule has 0 aliphatic rings. The minimum Gasteiger partial charge on any atom is -0.464 e. The van der Waals surface area contributed by atoms with Crippen LogP contribution in [0.2, 0.25) is 0 Å². The van der Waals surface area contributed by atoms with Gasteiger partial charge >= 0.3 is 6.09 Å². The van der Waals surface area contributed by atoms with Crippen molar-refractivity contribution in [3.63, 3.8) is 0 Å². The normalized spacial score (nSPS) is 13.8. The number of aliphatic hydroxyl groups excluding tert-OH is 2. The van der Waals surface area contributed by atoms with Crippen LogP contribution in [-0.2, 0) is 56.8 Å². The van der Waals surface area contributed by atoms with Gasteiger partial charge in [0.25, 0.3) is 12.9 Å². The van der Waals surface area contributed by atoms with Crippen molar-refractivity contribution in [2.75, 3.05) is 72.6 Å². The number of hydrogen-bond donors (Lipinski definition) is 3.